The van der Waals surface area contributed by atoms with Crippen LogP contribution in [0.15, 0.2) is 70.9 Å². The van der Waals surface area contributed by atoms with Crippen molar-refractivity contribution in [2.45, 2.75) is 37.5 Å². The first-order chi connectivity index (χ1) is 15.9. The second-order valence-corrected chi connectivity index (χ2v) is 10.8. The van der Waals surface area contributed by atoms with Gasteiger partial charge in [-0.25, -0.2) is 13.4 Å². The highest BCUT2D eigenvalue weighted by Crippen LogP contribution is 2.29. The van der Waals surface area contributed by atoms with Crippen molar-refractivity contribution in [2.24, 2.45) is 0 Å². The van der Waals surface area contributed by atoms with Gasteiger partial charge in [0, 0.05) is 24.5 Å². The minimum Gasteiger partial charge on any atom is -0.269 e. The SMILES string of the molecule is Cc1csc(N(C(=O)/C=C/c2ccc(S(=O)(=O)N3CCCCCC3)cc2)c2ccccc2)n1. The minimum absolute atomic E-state index is 0.225. The zero-order valence-electron chi connectivity index (χ0n) is 18.6. The van der Waals surface area contributed by atoms with E-state index in [-0.39, 0.29) is 10.8 Å². The van der Waals surface area contributed by atoms with Gasteiger partial charge in [-0.2, -0.15) is 4.31 Å². The molecule has 0 aliphatic carbocycles. The number of hydrogen-bond donors (Lipinski definition) is 0. The number of thiazole rings is 1. The molecular formula is C25H27N3O3S2. The average molecular weight is 482 g/mol. The summed E-state index contributed by atoms with van der Waals surface area (Å²) in [4.78, 5) is 19.4. The molecule has 1 saturated heterocycles. The van der Waals surface area contributed by atoms with Crippen molar-refractivity contribution < 1.29 is 13.2 Å². The van der Waals surface area contributed by atoms with Gasteiger partial charge in [-0.1, -0.05) is 43.2 Å². The quantitative estimate of drug-likeness (QED) is 0.442. The predicted molar refractivity (Wildman–Crippen MR) is 133 cm³/mol. The molecule has 2 heterocycles. The van der Waals surface area contributed by atoms with E-state index in [4.69, 9.17) is 0 Å². The zero-order chi connectivity index (χ0) is 23.3. The number of aryl methyl sites for hydroxylation is 1. The normalized spacial score (nSPS) is 15.4. The average Bonchev–Trinajstić information content (AvgIpc) is 3.07. The smallest absolute Gasteiger partial charge is 0.257 e. The molecule has 6 nitrogen and oxygen atoms in total. The molecule has 0 radical (unpaired) electrons. The van der Waals surface area contributed by atoms with E-state index >= 15 is 0 Å². The summed E-state index contributed by atoms with van der Waals surface area (Å²) in [5, 5.41) is 2.51. The Bertz CT molecular complexity index is 1210. The Hall–Kier alpha value is -2.81. The fourth-order valence-electron chi connectivity index (χ4n) is 3.78. The molecule has 1 aromatic heterocycles. The van der Waals surface area contributed by atoms with Gasteiger partial charge in [0.25, 0.3) is 5.91 Å². The Balaban J connectivity index is 1.52. The summed E-state index contributed by atoms with van der Waals surface area (Å²) in [6.07, 6.45) is 7.13. The van der Waals surface area contributed by atoms with Gasteiger partial charge >= 0.3 is 0 Å². The molecule has 4 rings (SSSR count). The third-order valence-corrected chi connectivity index (χ3v) is 8.39. The monoisotopic (exact) mass is 481 g/mol. The second-order valence-electron chi connectivity index (χ2n) is 8.00. The fraction of sp³-hybridized carbons (Fsp3) is 0.280. The molecular weight excluding hydrogens is 454 g/mol. The van der Waals surface area contributed by atoms with Crippen molar-refractivity contribution in [2.75, 3.05) is 18.0 Å². The molecule has 0 N–H and O–H groups in total. The van der Waals surface area contributed by atoms with Crippen LogP contribution in [0.25, 0.3) is 6.08 Å². The Morgan fingerprint density at radius 2 is 1.67 bits per heavy atom. The number of carbonyl (C=O) groups is 1. The van der Waals surface area contributed by atoms with Gasteiger partial charge in [0.05, 0.1) is 16.3 Å². The molecule has 8 heteroatoms. The number of benzene rings is 2. The lowest BCUT2D eigenvalue weighted by Crippen LogP contribution is -2.31. The first kappa shape index (κ1) is 23.4. The van der Waals surface area contributed by atoms with E-state index in [1.807, 2.05) is 42.6 Å². The maximum Gasteiger partial charge on any atom is 0.257 e. The van der Waals surface area contributed by atoms with Crippen LogP contribution in [-0.4, -0.2) is 36.7 Å². The Labute approximate surface area is 199 Å². The van der Waals surface area contributed by atoms with E-state index in [2.05, 4.69) is 4.98 Å². The third-order valence-electron chi connectivity index (χ3n) is 5.53. The number of aromatic nitrogens is 1. The van der Waals surface area contributed by atoms with Crippen molar-refractivity contribution in [3.05, 3.63) is 77.3 Å². The predicted octanol–water partition coefficient (Wildman–Crippen LogP) is 5.39. The maximum absolute atomic E-state index is 13.1. The molecule has 1 fully saturated rings. The van der Waals surface area contributed by atoms with Crippen molar-refractivity contribution in [3.63, 3.8) is 0 Å². The van der Waals surface area contributed by atoms with Crippen LogP contribution in [0.3, 0.4) is 0 Å². The number of hydrogen-bond acceptors (Lipinski definition) is 5. The largest absolute Gasteiger partial charge is 0.269 e. The highest BCUT2D eigenvalue weighted by Gasteiger charge is 2.25. The molecule has 1 aliphatic rings. The van der Waals surface area contributed by atoms with Gasteiger partial charge < -0.3 is 0 Å². The maximum atomic E-state index is 13.1. The summed E-state index contributed by atoms with van der Waals surface area (Å²) in [5.74, 6) is -0.225. The Morgan fingerprint density at radius 1 is 1.00 bits per heavy atom. The molecule has 0 atom stereocenters. The summed E-state index contributed by atoms with van der Waals surface area (Å²) in [6, 6.07) is 16.1. The molecule has 33 heavy (non-hydrogen) atoms. The summed E-state index contributed by atoms with van der Waals surface area (Å²) < 4.78 is 27.5. The molecule has 1 amide bonds. The standard InChI is InChI=1S/C25H27N3O3S2/c1-20-19-32-25(26-20)28(22-9-5-4-6-10-22)24(29)16-13-21-11-14-23(15-12-21)33(30,31)27-17-7-2-3-8-18-27/h4-6,9-16,19H,2-3,7-8,17-18H2,1H3/b16-13+. The summed E-state index contributed by atoms with van der Waals surface area (Å²) in [6.45, 7) is 3.04. The molecule has 172 valence electrons. The summed E-state index contributed by atoms with van der Waals surface area (Å²) in [5.41, 5.74) is 2.34. The Kier molecular flexibility index (Phi) is 7.37. The number of amides is 1. The third kappa shape index (κ3) is 5.58. The molecule has 1 aliphatic heterocycles. The van der Waals surface area contributed by atoms with Gasteiger partial charge in [0.2, 0.25) is 10.0 Å². The van der Waals surface area contributed by atoms with Crippen LogP contribution in [0.4, 0.5) is 10.8 Å². The number of sulfonamides is 1. The highest BCUT2D eigenvalue weighted by atomic mass is 32.2. The lowest BCUT2D eigenvalue weighted by atomic mass is 10.2. The van der Waals surface area contributed by atoms with Gasteiger partial charge in [-0.3, -0.25) is 9.69 Å². The molecule has 0 spiro atoms. The van der Waals surface area contributed by atoms with Crippen LogP contribution < -0.4 is 4.90 Å². The van der Waals surface area contributed by atoms with Crippen LogP contribution in [0.5, 0.6) is 0 Å². The van der Waals surface area contributed by atoms with Crippen molar-refractivity contribution in [3.8, 4) is 0 Å². The van der Waals surface area contributed by atoms with E-state index in [9.17, 15) is 13.2 Å². The van der Waals surface area contributed by atoms with Crippen LogP contribution in [0, 0.1) is 6.92 Å². The number of rotatable bonds is 6. The van der Waals surface area contributed by atoms with E-state index in [1.165, 1.54) is 17.4 Å². The first-order valence-electron chi connectivity index (χ1n) is 11.0. The number of anilines is 2. The topological polar surface area (TPSA) is 70.6 Å². The van der Waals surface area contributed by atoms with E-state index in [0.717, 1.165) is 42.6 Å². The van der Waals surface area contributed by atoms with Gasteiger partial charge in [0.15, 0.2) is 5.13 Å². The summed E-state index contributed by atoms with van der Waals surface area (Å²) in [7, 11) is -3.49. The van der Waals surface area contributed by atoms with Gasteiger partial charge in [-0.05, 0) is 55.7 Å². The van der Waals surface area contributed by atoms with Crippen LogP contribution >= 0.6 is 11.3 Å². The minimum atomic E-state index is -3.49. The number of para-hydroxylation sites is 1. The Morgan fingerprint density at radius 3 is 2.27 bits per heavy atom. The van der Waals surface area contributed by atoms with Crippen LogP contribution in [0.2, 0.25) is 0 Å². The van der Waals surface area contributed by atoms with Crippen LogP contribution in [-0.2, 0) is 14.8 Å². The first-order valence-corrected chi connectivity index (χ1v) is 13.4. The van der Waals surface area contributed by atoms with Gasteiger partial charge in [0.1, 0.15) is 0 Å². The number of nitrogens with zero attached hydrogens (tertiary/aromatic N) is 3. The zero-order valence-corrected chi connectivity index (χ0v) is 20.2. The molecule has 3 aromatic rings. The van der Waals surface area contributed by atoms with Gasteiger partial charge in [-0.15, -0.1) is 11.3 Å². The second kappa shape index (κ2) is 10.4. The van der Waals surface area contributed by atoms with E-state index in [0.29, 0.717) is 18.2 Å². The van der Waals surface area contributed by atoms with E-state index in [1.54, 1.807) is 39.5 Å². The number of carbonyl (C=O) groups excluding carboxylic acids is 1. The van der Waals surface area contributed by atoms with Crippen molar-refractivity contribution >= 4 is 44.2 Å². The van der Waals surface area contributed by atoms with Crippen LogP contribution in [0.1, 0.15) is 36.9 Å². The fourth-order valence-corrected chi connectivity index (χ4v) is 6.12. The molecule has 0 bridgehead atoms. The van der Waals surface area contributed by atoms with Crippen molar-refractivity contribution in [1.29, 1.82) is 0 Å². The van der Waals surface area contributed by atoms with Crippen molar-refractivity contribution in [1.82, 2.24) is 9.29 Å². The molecule has 0 saturated carbocycles. The lowest BCUT2D eigenvalue weighted by Gasteiger charge is -2.20. The lowest BCUT2D eigenvalue weighted by molar-refractivity contribution is -0.113. The molecule has 2 aromatic carbocycles. The van der Waals surface area contributed by atoms with E-state index < -0.39 is 10.0 Å². The summed E-state index contributed by atoms with van der Waals surface area (Å²) >= 11 is 1.41. The molecule has 0 unspecified atom stereocenters. The highest BCUT2D eigenvalue weighted by molar-refractivity contribution is 7.89.